The minimum atomic E-state index is 0.403. The van der Waals surface area contributed by atoms with Gasteiger partial charge in [-0.2, -0.15) is 0 Å². The minimum absolute atomic E-state index is 0.403. The van der Waals surface area contributed by atoms with Gasteiger partial charge in [-0.15, -0.1) is 11.8 Å². The topological polar surface area (TPSA) is 12.0 Å². The van der Waals surface area contributed by atoms with E-state index in [0.29, 0.717) is 11.4 Å². The highest BCUT2D eigenvalue weighted by Crippen LogP contribution is 2.36. The molecule has 1 heterocycles. The van der Waals surface area contributed by atoms with E-state index in [2.05, 4.69) is 34.2 Å². The Morgan fingerprint density at radius 3 is 3.00 bits per heavy atom. The van der Waals surface area contributed by atoms with Crippen LogP contribution in [0.1, 0.15) is 24.3 Å². The summed E-state index contributed by atoms with van der Waals surface area (Å²) in [6.07, 6.45) is 1.19. The molecule has 15 heavy (non-hydrogen) atoms. The summed E-state index contributed by atoms with van der Waals surface area (Å²) in [5, 5.41) is 4.78. The fourth-order valence-electron chi connectivity index (χ4n) is 1.63. The molecular formula is C11H13BrClNS. The van der Waals surface area contributed by atoms with Crippen LogP contribution in [0.5, 0.6) is 0 Å². The molecular weight excluding hydrogens is 294 g/mol. The number of benzene rings is 1. The summed E-state index contributed by atoms with van der Waals surface area (Å²) in [5.41, 5.74) is 1.27. The van der Waals surface area contributed by atoms with Crippen molar-refractivity contribution in [3.8, 4) is 0 Å². The predicted octanol–water partition coefficient (Wildman–Crippen LogP) is 4.22. The van der Waals surface area contributed by atoms with Crippen LogP contribution in [0.2, 0.25) is 5.02 Å². The molecule has 1 N–H and O–H groups in total. The molecule has 2 unspecified atom stereocenters. The molecule has 0 bridgehead atoms. The molecule has 1 aliphatic heterocycles. The molecule has 82 valence electrons. The van der Waals surface area contributed by atoms with Gasteiger partial charge in [0.2, 0.25) is 0 Å². The Labute approximate surface area is 108 Å². The number of hydrogen-bond donors (Lipinski definition) is 1. The van der Waals surface area contributed by atoms with E-state index in [1.807, 2.05) is 23.9 Å². The zero-order valence-electron chi connectivity index (χ0n) is 8.47. The third-order valence-corrected chi connectivity index (χ3v) is 5.16. The van der Waals surface area contributed by atoms with Crippen LogP contribution in [-0.4, -0.2) is 11.8 Å². The van der Waals surface area contributed by atoms with E-state index in [0.717, 1.165) is 9.50 Å². The molecule has 1 aliphatic rings. The van der Waals surface area contributed by atoms with Crippen molar-refractivity contribution in [2.75, 3.05) is 5.75 Å². The number of halogens is 2. The lowest BCUT2D eigenvalue weighted by Crippen LogP contribution is -2.24. The van der Waals surface area contributed by atoms with Gasteiger partial charge in [-0.1, -0.05) is 24.6 Å². The second-order valence-corrected chi connectivity index (χ2v) is 6.06. The number of hydrogen-bond acceptors (Lipinski definition) is 2. The molecule has 0 aliphatic carbocycles. The van der Waals surface area contributed by atoms with Gasteiger partial charge in [0.1, 0.15) is 0 Å². The van der Waals surface area contributed by atoms with E-state index < -0.39 is 0 Å². The Balaban J connectivity index is 2.13. The summed E-state index contributed by atoms with van der Waals surface area (Å²) < 4.78 is 0.961. The van der Waals surface area contributed by atoms with Crippen molar-refractivity contribution >= 4 is 39.3 Å². The van der Waals surface area contributed by atoms with Crippen LogP contribution in [0.3, 0.4) is 0 Å². The molecule has 0 amide bonds. The average molecular weight is 307 g/mol. The van der Waals surface area contributed by atoms with Crippen LogP contribution in [-0.2, 0) is 0 Å². The molecule has 2 atom stereocenters. The highest BCUT2D eigenvalue weighted by atomic mass is 79.9. The normalized spacial score (nSPS) is 25.8. The summed E-state index contributed by atoms with van der Waals surface area (Å²) in [6.45, 7) is 2.22. The van der Waals surface area contributed by atoms with Gasteiger partial charge in [0.25, 0.3) is 0 Å². The van der Waals surface area contributed by atoms with Gasteiger partial charge in [-0.25, -0.2) is 0 Å². The van der Waals surface area contributed by atoms with Gasteiger partial charge in [0.15, 0.2) is 0 Å². The van der Waals surface area contributed by atoms with Crippen LogP contribution in [0.15, 0.2) is 22.7 Å². The molecule has 0 saturated carbocycles. The van der Waals surface area contributed by atoms with Crippen LogP contribution >= 0.6 is 39.3 Å². The van der Waals surface area contributed by atoms with Gasteiger partial charge in [-0.3, -0.25) is 5.32 Å². The van der Waals surface area contributed by atoms with Crippen LogP contribution in [0.25, 0.3) is 0 Å². The Kier molecular flexibility index (Phi) is 3.99. The fourth-order valence-corrected chi connectivity index (χ4v) is 3.45. The fraction of sp³-hybridized carbons (Fsp3) is 0.455. The Morgan fingerprint density at radius 2 is 2.40 bits per heavy atom. The second kappa shape index (κ2) is 5.09. The molecule has 0 aromatic heterocycles. The highest BCUT2D eigenvalue weighted by molar-refractivity contribution is 9.10. The number of nitrogens with one attached hydrogen (secondary N) is 1. The summed E-state index contributed by atoms with van der Waals surface area (Å²) in [4.78, 5) is 0. The van der Waals surface area contributed by atoms with Crippen molar-refractivity contribution in [2.45, 2.75) is 24.8 Å². The van der Waals surface area contributed by atoms with E-state index in [4.69, 9.17) is 11.6 Å². The highest BCUT2D eigenvalue weighted by Gasteiger charge is 2.24. The van der Waals surface area contributed by atoms with E-state index in [9.17, 15) is 0 Å². The summed E-state index contributed by atoms with van der Waals surface area (Å²) >= 11 is 11.4. The first-order chi connectivity index (χ1) is 7.20. The smallest absolute Gasteiger partial charge is 0.0792 e. The second-order valence-electron chi connectivity index (χ2n) is 3.66. The molecule has 1 aromatic carbocycles. The third kappa shape index (κ3) is 2.70. The maximum Gasteiger partial charge on any atom is 0.0792 e. The van der Waals surface area contributed by atoms with Crippen molar-refractivity contribution in [3.63, 3.8) is 0 Å². The molecule has 1 fully saturated rings. The van der Waals surface area contributed by atoms with E-state index in [1.165, 1.54) is 17.7 Å². The predicted molar refractivity (Wildman–Crippen MR) is 71.6 cm³/mol. The Bertz CT molecular complexity index is 358. The van der Waals surface area contributed by atoms with E-state index >= 15 is 0 Å². The van der Waals surface area contributed by atoms with Crippen molar-refractivity contribution in [1.29, 1.82) is 0 Å². The Morgan fingerprint density at radius 1 is 1.60 bits per heavy atom. The first kappa shape index (κ1) is 11.8. The maximum atomic E-state index is 6.08. The largest absolute Gasteiger partial charge is 0.298 e. The molecule has 2 rings (SSSR count). The lowest BCUT2D eigenvalue weighted by Gasteiger charge is -2.12. The minimum Gasteiger partial charge on any atom is -0.298 e. The zero-order chi connectivity index (χ0) is 10.8. The quantitative estimate of drug-likeness (QED) is 0.878. The summed E-state index contributed by atoms with van der Waals surface area (Å²) in [5.74, 6) is 1.19. The molecule has 1 saturated heterocycles. The van der Waals surface area contributed by atoms with Gasteiger partial charge in [0, 0.05) is 16.3 Å². The monoisotopic (exact) mass is 305 g/mol. The maximum absolute atomic E-state index is 6.08. The van der Waals surface area contributed by atoms with Crippen molar-refractivity contribution in [2.24, 2.45) is 0 Å². The van der Waals surface area contributed by atoms with Gasteiger partial charge < -0.3 is 0 Å². The molecule has 1 nitrogen and oxygen atoms in total. The molecule has 1 aromatic rings. The van der Waals surface area contributed by atoms with Crippen LogP contribution < -0.4 is 5.32 Å². The van der Waals surface area contributed by atoms with E-state index in [1.54, 1.807) is 0 Å². The molecule has 0 radical (unpaired) electrons. The average Bonchev–Trinajstić information content (AvgIpc) is 2.70. The van der Waals surface area contributed by atoms with E-state index in [-0.39, 0.29) is 0 Å². The van der Waals surface area contributed by atoms with Gasteiger partial charge >= 0.3 is 0 Å². The Hall–Kier alpha value is 0.300. The number of thioether (sulfide) groups is 1. The molecule has 4 heteroatoms. The first-order valence-electron chi connectivity index (χ1n) is 5.03. The molecule has 0 spiro atoms. The summed E-state index contributed by atoms with van der Waals surface area (Å²) in [7, 11) is 0. The van der Waals surface area contributed by atoms with Gasteiger partial charge in [-0.05, 0) is 40.0 Å². The number of rotatable bonds is 2. The van der Waals surface area contributed by atoms with Crippen molar-refractivity contribution in [1.82, 2.24) is 5.32 Å². The van der Waals surface area contributed by atoms with Gasteiger partial charge in [0.05, 0.1) is 10.4 Å². The lowest BCUT2D eigenvalue weighted by molar-refractivity contribution is 0.561. The first-order valence-corrected chi connectivity index (χ1v) is 7.25. The summed E-state index contributed by atoms with van der Waals surface area (Å²) in [6, 6.07) is 6.81. The zero-order valence-corrected chi connectivity index (χ0v) is 11.6. The van der Waals surface area contributed by atoms with Crippen LogP contribution in [0.4, 0.5) is 0 Å². The van der Waals surface area contributed by atoms with Crippen molar-refractivity contribution in [3.05, 3.63) is 33.3 Å². The van der Waals surface area contributed by atoms with Crippen molar-refractivity contribution < 1.29 is 0 Å². The SMILES string of the molecule is CCC1CSC(c2ccc(Br)c(Cl)c2)N1. The third-order valence-electron chi connectivity index (χ3n) is 2.59. The lowest BCUT2D eigenvalue weighted by atomic mass is 10.2. The van der Waals surface area contributed by atoms with Crippen LogP contribution in [0, 0.1) is 0 Å². The standard InChI is InChI=1S/C11H13BrClNS/c1-2-8-6-15-11(14-8)7-3-4-9(12)10(13)5-7/h3-5,8,11,14H,2,6H2,1H3.